The Morgan fingerprint density at radius 3 is 2.39 bits per heavy atom. The number of hydrogen-bond acceptors (Lipinski definition) is 6. The first-order chi connectivity index (χ1) is 13.5. The fraction of sp³-hybridized carbons (Fsp3) is 0.421. The zero-order valence-electron chi connectivity index (χ0n) is 15.8. The number of sulfonamides is 1. The highest BCUT2D eigenvalue weighted by molar-refractivity contribution is 7.92. The maximum atomic E-state index is 12.7. The molecule has 0 atom stereocenters. The number of benzene rings is 1. The lowest BCUT2D eigenvalue weighted by molar-refractivity contribution is 0.373. The zero-order valence-corrected chi connectivity index (χ0v) is 16.6. The van der Waals surface area contributed by atoms with Gasteiger partial charge in [0.1, 0.15) is 4.90 Å². The summed E-state index contributed by atoms with van der Waals surface area (Å²) in [6.07, 6.45) is 8.92. The fourth-order valence-corrected chi connectivity index (χ4v) is 4.54. The third-order valence-electron chi connectivity index (χ3n) is 5.08. The molecule has 2 aromatic heterocycles. The number of anilines is 2. The van der Waals surface area contributed by atoms with Gasteiger partial charge in [-0.15, -0.1) is 0 Å². The van der Waals surface area contributed by atoms with Gasteiger partial charge in [-0.2, -0.15) is 5.10 Å². The number of hydrogen-bond donors (Lipinski definition) is 2. The molecule has 4 rings (SSSR count). The molecular formula is C19H24N6O2S. The molecular weight excluding hydrogens is 376 g/mol. The van der Waals surface area contributed by atoms with Gasteiger partial charge in [0.25, 0.3) is 10.0 Å². The SMILES string of the molecule is Cn1cc(S(=O)(=O)Nc2nc3ccccc3nc2NCC2CCCCC2)cn1. The Balaban J connectivity index is 1.64. The molecule has 2 N–H and O–H groups in total. The second-order valence-electron chi connectivity index (χ2n) is 7.25. The quantitative estimate of drug-likeness (QED) is 0.659. The van der Waals surface area contributed by atoms with Gasteiger partial charge in [-0.25, -0.2) is 18.4 Å². The molecule has 8 nitrogen and oxygen atoms in total. The molecule has 9 heteroatoms. The highest BCUT2D eigenvalue weighted by atomic mass is 32.2. The van der Waals surface area contributed by atoms with Gasteiger partial charge >= 0.3 is 0 Å². The van der Waals surface area contributed by atoms with Crippen molar-refractivity contribution in [1.29, 1.82) is 0 Å². The summed E-state index contributed by atoms with van der Waals surface area (Å²) < 4.78 is 29.5. The van der Waals surface area contributed by atoms with Crippen molar-refractivity contribution in [2.24, 2.45) is 13.0 Å². The number of nitrogens with one attached hydrogen (secondary N) is 2. The van der Waals surface area contributed by atoms with Gasteiger partial charge in [-0.3, -0.25) is 9.40 Å². The van der Waals surface area contributed by atoms with E-state index < -0.39 is 10.0 Å². The Hall–Kier alpha value is -2.68. The maximum absolute atomic E-state index is 12.7. The van der Waals surface area contributed by atoms with Crippen molar-refractivity contribution in [2.45, 2.75) is 37.0 Å². The lowest BCUT2D eigenvalue weighted by Crippen LogP contribution is -2.20. The normalized spacial score (nSPS) is 15.6. The van der Waals surface area contributed by atoms with E-state index in [1.54, 1.807) is 7.05 Å². The van der Waals surface area contributed by atoms with E-state index in [9.17, 15) is 8.42 Å². The third kappa shape index (κ3) is 4.09. The predicted molar refractivity (Wildman–Crippen MR) is 109 cm³/mol. The third-order valence-corrected chi connectivity index (χ3v) is 6.37. The largest absolute Gasteiger partial charge is 0.367 e. The van der Waals surface area contributed by atoms with E-state index >= 15 is 0 Å². The van der Waals surface area contributed by atoms with Gasteiger partial charge < -0.3 is 5.32 Å². The van der Waals surface area contributed by atoms with Crippen molar-refractivity contribution in [3.05, 3.63) is 36.7 Å². The summed E-state index contributed by atoms with van der Waals surface area (Å²) in [6.45, 7) is 0.759. The second-order valence-corrected chi connectivity index (χ2v) is 8.93. The molecule has 1 aliphatic carbocycles. The Labute approximate surface area is 164 Å². The number of nitrogens with zero attached hydrogens (tertiary/aromatic N) is 4. The minimum atomic E-state index is -3.80. The highest BCUT2D eigenvalue weighted by Crippen LogP contribution is 2.27. The Kier molecular flexibility index (Phi) is 5.17. The fourth-order valence-electron chi connectivity index (χ4n) is 3.55. The average molecular weight is 401 g/mol. The van der Waals surface area contributed by atoms with Crippen molar-refractivity contribution >= 4 is 32.7 Å². The van der Waals surface area contributed by atoms with Crippen molar-refractivity contribution < 1.29 is 8.42 Å². The van der Waals surface area contributed by atoms with Gasteiger partial charge in [0.2, 0.25) is 0 Å². The highest BCUT2D eigenvalue weighted by Gasteiger charge is 2.21. The van der Waals surface area contributed by atoms with Gasteiger partial charge in [0.05, 0.1) is 17.2 Å². The number of para-hydroxylation sites is 2. The molecule has 1 aromatic carbocycles. The van der Waals surface area contributed by atoms with Crippen molar-refractivity contribution in [1.82, 2.24) is 19.7 Å². The summed E-state index contributed by atoms with van der Waals surface area (Å²) in [7, 11) is -2.13. The molecule has 0 spiro atoms. The van der Waals surface area contributed by atoms with Crippen molar-refractivity contribution in [3.8, 4) is 0 Å². The van der Waals surface area contributed by atoms with E-state index in [2.05, 4.69) is 25.1 Å². The van der Waals surface area contributed by atoms with Gasteiger partial charge in [0, 0.05) is 19.8 Å². The van der Waals surface area contributed by atoms with Gasteiger partial charge in [0.15, 0.2) is 11.6 Å². The first-order valence-electron chi connectivity index (χ1n) is 9.53. The summed E-state index contributed by atoms with van der Waals surface area (Å²) in [6, 6.07) is 7.43. The lowest BCUT2D eigenvalue weighted by atomic mass is 9.89. The molecule has 1 fully saturated rings. The zero-order chi connectivity index (χ0) is 19.6. The van der Waals surface area contributed by atoms with Crippen LogP contribution in [0.3, 0.4) is 0 Å². The summed E-state index contributed by atoms with van der Waals surface area (Å²) >= 11 is 0. The minimum Gasteiger partial charge on any atom is -0.367 e. The Morgan fingerprint density at radius 1 is 1.07 bits per heavy atom. The molecule has 1 saturated carbocycles. The van der Waals surface area contributed by atoms with Crippen LogP contribution in [0.2, 0.25) is 0 Å². The number of rotatable bonds is 6. The molecule has 28 heavy (non-hydrogen) atoms. The van der Waals surface area contributed by atoms with Crippen LogP contribution in [0.4, 0.5) is 11.6 Å². The van der Waals surface area contributed by atoms with Crippen LogP contribution in [0.1, 0.15) is 32.1 Å². The Bertz CT molecular complexity index is 1070. The average Bonchev–Trinajstić information content (AvgIpc) is 3.14. The van der Waals surface area contributed by atoms with Gasteiger partial charge in [-0.05, 0) is 30.9 Å². The predicted octanol–water partition coefficient (Wildman–Crippen LogP) is 3.16. The lowest BCUT2D eigenvalue weighted by Gasteiger charge is -2.22. The minimum absolute atomic E-state index is 0.0863. The van der Waals surface area contributed by atoms with Crippen LogP contribution in [-0.4, -0.2) is 34.7 Å². The molecule has 0 aliphatic heterocycles. The van der Waals surface area contributed by atoms with E-state index in [0.29, 0.717) is 17.3 Å². The van der Waals surface area contributed by atoms with Crippen molar-refractivity contribution in [2.75, 3.05) is 16.6 Å². The van der Waals surface area contributed by atoms with Crippen LogP contribution in [-0.2, 0) is 17.1 Å². The van der Waals surface area contributed by atoms with E-state index in [4.69, 9.17) is 0 Å². The summed E-state index contributed by atoms with van der Waals surface area (Å²) in [5.41, 5.74) is 1.35. The van der Waals surface area contributed by atoms with E-state index in [1.807, 2.05) is 24.3 Å². The molecule has 0 saturated heterocycles. The van der Waals surface area contributed by atoms with E-state index in [0.717, 1.165) is 12.1 Å². The summed E-state index contributed by atoms with van der Waals surface area (Å²) in [5.74, 6) is 1.24. The molecule has 148 valence electrons. The monoisotopic (exact) mass is 400 g/mol. The smallest absolute Gasteiger partial charge is 0.266 e. The molecule has 0 amide bonds. The summed E-state index contributed by atoms with van der Waals surface area (Å²) in [5, 5.41) is 7.27. The maximum Gasteiger partial charge on any atom is 0.266 e. The number of aryl methyl sites for hydroxylation is 1. The molecule has 2 heterocycles. The van der Waals surface area contributed by atoms with Crippen LogP contribution in [0, 0.1) is 5.92 Å². The topological polar surface area (TPSA) is 102 Å². The van der Waals surface area contributed by atoms with Crippen LogP contribution in [0.15, 0.2) is 41.6 Å². The summed E-state index contributed by atoms with van der Waals surface area (Å²) in [4.78, 5) is 9.22. The molecule has 3 aromatic rings. The first-order valence-corrected chi connectivity index (χ1v) is 11.0. The van der Waals surface area contributed by atoms with Crippen molar-refractivity contribution in [3.63, 3.8) is 0 Å². The molecule has 0 radical (unpaired) electrons. The second kappa shape index (κ2) is 7.75. The Morgan fingerprint density at radius 2 is 1.75 bits per heavy atom. The van der Waals surface area contributed by atoms with E-state index in [1.165, 1.54) is 49.2 Å². The van der Waals surface area contributed by atoms with Crippen LogP contribution in [0.5, 0.6) is 0 Å². The molecule has 1 aliphatic rings. The standard InChI is InChI=1S/C19H24N6O2S/c1-25-13-15(12-21-25)28(26,27)24-19-18(20-11-14-7-3-2-4-8-14)22-16-9-5-6-10-17(16)23-19/h5-6,9-10,12-14H,2-4,7-8,11H2,1H3,(H,20,22)(H,23,24). The number of fused-ring (bicyclic) bond motifs is 1. The van der Waals surface area contributed by atoms with Crippen LogP contribution >= 0.6 is 0 Å². The number of aromatic nitrogens is 4. The van der Waals surface area contributed by atoms with Gasteiger partial charge in [-0.1, -0.05) is 31.4 Å². The van der Waals surface area contributed by atoms with E-state index in [-0.39, 0.29) is 10.7 Å². The molecule has 0 bridgehead atoms. The van der Waals surface area contributed by atoms with Crippen LogP contribution in [0.25, 0.3) is 11.0 Å². The van der Waals surface area contributed by atoms with Crippen LogP contribution < -0.4 is 10.0 Å². The molecule has 0 unspecified atom stereocenters. The first kappa shape index (κ1) is 18.7.